The third kappa shape index (κ3) is 8.94. The molecule has 10 heteroatoms. The summed E-state index contributed by atoms with van der Waals surface area (Å²) in [6.07, 6.45) is 0.141. The highest BCUT2D eigenvalue weighted by atomic mass is 32.2. The Bertz CT molecular complexity index is 1680. The van der Waals surface area contributed by atoms with E-state index < -0.39 is 40.2 Å². The van der Waals surface area contributed by atoms with E-state index in [2.05, 4.69) is 5.32 Å². The van der Waals surface area contributed by atoms with Crippen LogP contribution in [0.3, 0.4) is 0 Å². The van der Waals surface area contributed by atoms with E-state index in [1.807, 2.05) is 51.1 Å². The first-order valence-corrected chi connectivity index (χ1v) is 16.7. The predicted molar refractivity (Wildman–Crippen MR) is 177 cm³/mol. The molecule has 0 saturated heterocycles. The molecule has 0 fully saturated rings. The number of nitrogens with zero attached hydrogens (tertiary/aromatic N) is 2. The van der Waals surface area contributed by atoms with Gasteiger partial charge in [0, 0.05) is 25.1 Å². The number of ether oxygens (including phenoxy) is 1. The van der Waals surface area contributed by atoms with Crippen LogP contribution in [0.15, 0.2) is 114 Å². The van der Waals surface area contributed by atoms with Gasteiger partial charge in [-0.3, -0.25) is 13.9 Å². The van der Waals surface area contributed by atoms with Crippen molar-refractivity contribution in [3.8, 4) is 5.75 Å². The summed E-state index contributed by atoms with van der Waals surface area (Å²) in [6, 6.07) is 28.4. The first-order valence-electron chi connectivity index (χ1n) is 15.2. The van der Waals surface area contributed by atoms with Crippen molar-refractivity contribution in [2.75, 3.05) is 24.0 Å². The standard InChI is InChI=1S/C36H40FN3O5S/c1-4-45-31-19-21-32(22-20-31)46(43,44)40(30-16-9-6-10-17-30)26-35(41)39(25-29-15-11-12-18-33(29)37)34(36(42)38-24-27(2)3)23-28-13-7-5-8-14-28/h5-22,27,34H,4,23-26H2,1-3H3,(H,38,42). The second-order valence-corrected chi connectivity index (χ2v) is 13.1. The molecule has 1 atom stereocenters. The summed E-state index contributed by atoms with van der Waals surface area (Å²) in [7, 11) is -4.27. The Hall–Kier alpha value is -4.70. The lowest BCUT2D eigenvalue weighted by Gasteiger charge is -2.34. The molecule has 1 unspecified atom stereocenters. The van der Waals surface area contributed by atoms with Gasteiger partial charge in [0.25, 0.3) is 10.0 Å². The quantitative estimate of drug-likeness (QED) is 0.176. The largest absolute Gasteiger partial charge is 0.494 e. The van der Waals surface area contributed by atoms with Crippen LogP contribution in [-0.4, -0.2) is 50.9 Å². The molecule has 0 heterocycles. The third-order valence-corrected chi connectivity index (χ3v) is 9.09. The van der Waals surface area contributed by atoms with E-state index >= 15 is 4.39 Å². The fourth-order valence-corrected chi connectivity index (χ4v) is 6.33. The molecule has 0 spiro atoms. The molecule has 0 saturated carbocycles. The van der Waals surface area contributed by atoms with Crippen LogP contribution in [-0.2, 0) is 32.6 Å². The molecule has 0 radical (unpaired) electrons. The summed E-state index contributed by atoms with van der Waals surface area (Å²) in [6.45, 7) is 5.66. The van der Waals surface area contributed by atoms with Gasteiger partial charge in [-0.05, 0) is 60.9 Å². The number of carbonyl (C=O) groups is 2. The summed E-state index contributed by atoms with van der Waals surface area (Å²) in [5.74, 6) is -0.964. The van der Waals surface area contributed by atoms with Crippen LogP contribution in [0, 0.1) is 11.7 Å². The average Bonchev–Trinajstić information content (AvgIpc) is 3.06. The van der Waals surface area contributed by atoms with Crippen molar-refractivity contribution in [3.63, 3.8) is 0 Å². The van der Waals surface area contributed by atoms with Crippen molar-refractivity contribution >= 4 is 27.5 Å². The highest BCUT2D eigenvalue weighted by Gasteiger charge is 2.35. The van der Waals surface area contributed by atoms with E-state index in [0.29, 0.717) is 18.9 Å². The van der Waals surface area contributed by atoms with Crippen LogP contribution in [0.4, 0.5) is 10.1 Å². The molecule has 2 amide bonds. The molecule has 0 aliphatic carbocycles. The minimum Gasteiger partial charge on any atom is -0.494 e. The Balaban J connectivity index is 1.78. The van der Waals surface area contributed by atoms with E-state index in [1.54, 1.807) is 60.7 Å². The molecule has 0 aliphatic rings. The molecule has 4 rings (SSSR count). The van der Waals surface area contributed by atoms with Crippen LogP contribution in [0.5, 0.6) is 5.75 Å². The number of halogens is 1. The second kappa shape index (κ2) is 16.0. The van der Waals surface area contributed by atoms with Gasteiger partial charge in [-0.15, -0.1) is 0 Å². The van der Waals surface area contributed by atoms with Crippen molar-refractivity contribution in [1.82, 2.24) is 10.2 Å². The fourth-order valence-electron chi connectivity index (χ4n) is 4.91. The van der Waals surface area contributed by atoms with Gasteiger partial charge in [0.2, 0.25) is 11.8 Å². The summed E-state index contributed by atoms with van der Waals surface area (Å²) in [5.41, 5.74) is 1.26. The Labute approximate surface area is 270 Å². The SMILES string of the molecule is CCOc1ccc(S(=O)(=O)N(CC(=O)N(Cc2ccccc2F)C(Cc2ccccc2)C(=O)NCC(C)C)c2ccccc2)cc1. The number of rotatable bonds is 15. The van der Waals surface area contributed by atoms with Crippen LogP contribution in [0.25, 0.3) is 0 Å². The number of benzene rings is 4. The van der Waals surface area contributed by atoms with Gasteiger partial charge in [0.15, 0.2) is 0 Å². The molecule has 46 heavy (non-hydrogen) atoms. The van der Waals surface area contributed by atoms with Gasteiger partial charge in [0.1, 0.15) is 24.2 Å². The Kier molecular flexibility index (Phi) is 11.9. The molecule has 8 nitrogen and oxygen atoms in total. The van der Waals surface area contributed by atoms with Crippen molar-refractivity contribution in [3.05, 3.63) is 126 Å². The lowest BCUT2D eigenvalue weighted by molar-refractivity contribution is -0.140. The van der Waals surface area contributed by atoms with Gasteiger partial charge in [-0.1, -0.05) is 80.6 Å². The number of para-hydroxylation sites is 1. The van der Waals surface area contributed by atoms with Crippen molar-refractivity contribution in [2.45, 2.75) is 44.7 Å². The number of hydrogen-bond acceptors (Lipinski definition) is 5. The zero-order valence-corrected chi connectivity index (χ0v) is 27.1. The van der Waals surface area contributed by atoms with Gasteiger partial charge in [0.05, 0.1) is 17.2 Å². The zero-order chi connectivity index (χ0) is 33.1. The molecular formula is C36H40FN3O5S. The maximum Gasteiger partial charge on any atom is 0.264 e. The normalized spacial score (nSPS) is 11.9. The smallest absolute Gasteiger partial charge is 0.264 e. The highest BCUT2D eigenvalue weighted by Crippen LogP contribution is 2.26. The highest BCUT2D eigenvalue weighted by molar-refractivity contribution is 7.92. The van der Waals surface area contributed by atoms with Crippen molar-refractivity contribution in [1.29, 1.82) is 0 Å². The van der Waals surface area contributed by atoms with E-state index in [4.69, 9.17) is 4.74 Å². The molecule has 4 aromatic carbocycles. The minimum atomic E-state index is -4.27. The van der Waals surface area contributed by atoms with Crippen molar-refractivity contribution in [2.24, 2.45) is 5.92 Å². The summed E-state index contributed by atoms with van der Waals surface area (Å²) >= 11 is 0. The Morgan fingerprint density at radius 1 is 0.848 bits per heavy atom. The first kappa shape index (κ1) is 34.2. The number of sulfonamides is 1. The maximum atomic E-state index is 15.0. The van der Waals surface area contributed by atoms with Gasteiger partial charge in [-0.2, -0.15) is 0 Å². The lowest BCUT2D eigenvalue weighted by atomic mass is 10.0. The third-order valence-electron chi connectivity index (χ3n) is 7.30. The monoisotopic (exact) mass is 645 g/mol. The fraction of sp³-hybridized carbons (Fsp3) is 0.278. The van der Waals surface area contributed by atoms with E-state index in [9.17, 15) is 18.0 Å². The molecule has 1 N–H and O–H groups in total. The number of anilines is 1. The summed E-state index contributed by atoms with van der Waals surface area (Å²) in [4.78, 5) is 29.5. The van der Waals surface area contributed by atoms with Crippen LogP contribution < -0.4 is 14.4 Å². The van der Waals surface area contributed by atoms with Crippen LogP contribution in [0.2, 0.25) is 0 Å². The van der Waals surface area contributed by atoms with Gasteiger partial charge >= 0.3 is 0 Å². The molecule has 0 aliphatic heterocycles. The Morgan fingerprint density at radius 2 is 1.46 bits per heavy atom. The second-order valence-electron chi connectivity index (χ2n) is 11.2. The Morgan fingerprint density at radius 3 is 2.07 bits per heavy atom. The van der Waals surface area contributed by atoms with Crippen LogP contribution >= 0.6 is 0 Å². The average molecular weight is 646 g/mol. The first-order chi connectivity index (χ1) is 22.1. The number of amides is 2. The van der Waals surface area contributed by atoms with Crippen LogP contribution in [0.1, 0.15) is 31.9 Å². The number of nitrogens with one attached hydrogen (secondary N) is 1. The maximum absolute atomic E-state index is 15.0. The predicted octanol–water partition coefficient (Wildman–Crippen LogP) is 5.83. The van der Waals surface area contributed by atoms with E-state index in [-0.39, 0.29) is 35.0 Å². The topological polar surface area (TPSA) is 96.0 Å². The number of hydrogen-bond donors (Lipinski definition) is 1. The molecule has 0 bridgehead atoms. The van der Waals surface area contributed by atoms with Gasteiger partial charge < -0.3 is 15.0 Å². The van der Waals surface area contributed by atoms with Gasteiger partial charge in [-0.25, -0.2) is 12.8 Å². The molecular weight excluding hydrogens is 605 g/mol. The minimum absolute atomic E-state index is 0.0382. The molecule has 4 aromatic rings. The summed E-state index contributed by atoms with van der Waals surface area (Å²) < 4.78 is 49.8. The van der Waals surface area contributed by atoms with Crippen molar-refractivity contribution < 1.29 is 27.1 Å². The molecule has 242 valence electrons. The van der Waals surface area contributed by atoms with E-state index in [0.717, 1.165) is 9.87 Å². The summed E-state index contributed by atoms with van der Waals surface area (Å²) in [5, 5.41) is 2.92. The lowest BCUT2D eigenvalue weighted by Crippen LogP contribution is -2.53. The number of carbonyl (C=O) groups excluding carboxylic acids is 2. The molecule has 0 aromatic heterocycles. The zero-order valence-electron chi connectivity index (χ0n) is 26.3. The van der Waals surface area contributed by atoms with E-state index in [1.165, 1.54) is 23.1 Å².